The number of carbonyl (C=O) groups excluding carboxylic acids is 1. The Morgan fingerprint density at radius 1 is 1.21 bits per heavy atom. The van der Waals surface area contributed by atoms with Crippen molar-refractivity contribution >= 4 is 12.0 Å². The molecule has 1 heterocycles. The summed E-state index contributed by atoms with van der Waals surface area (Å²) in [5.41, 5.74) is 0.204. The lowest BCUT2D eigenvalue weighted by Crippen LogP contribution is -2.48. The first-order valence-electron chi connectivity index (χ1n) is 6.96. The molecule has 2 rings (SSSR count). The second-order valence-electron chi connectivity index (χ2n) is 6.95. The van der Waals surface area contributed by atoms with Gasteiger partial charge in [-0.05, 0) is 23.7 Å². The molecule has 0 spiro atoms. The summed E-state index contributed by atoms with van der Waals surface area (Å²) in [6, 6.07) is 0.0484. The van der Waals surface area contributed by atoms with Crippen LogP contribution in [0.4, 0.5) is 4.79 Å². The quantitative estimate of drug-likeness (QED) is 0.804. The van der Waals surface area contributed by atoms with Gasteiger partial charge >= 0.3 is 12.0 Å². The molecule has 0 aromatic rings. The van der Waals surface area contributed by atoms with Crippen molar-refractivity contribution in [2.24, 2.45) is 16.7 Å². The van der Waals surface area contributed by atoms with E-state index in [1.807, 2.05) is 0 Å². The second kappa shape index (κ2) is 4.39. The molecule has 5 nitrogen and oxygen atoms in total. The number of aliphatic carboxylic acids is 1. The Hall–Kier alpha value is -1.26. The Morgan fingerprint density at radius 2 is 1.79 bits per heavy atom. The summed E-state index contributed by atoms with van der Waals surface area (Å²) in [5, 5.41) is 12.1. The normalized spacial score (nSPS) is 28.8. The Labute approximate surface area is 114 Å². The largest absolute Gasteiger partial charge is 0.481 e. The van der Waals surface area contributed by atoms with Crippen molar-refractivity contribution in [3.63, 3.8) is 0 Å². The van der Waals surface area contributed by atoms with Crippen LogP contribution in [0.1, 0.15) is 40.5 Å². The van der Waals surface area contributed by atoms with E-state index in [4.69, 9.17) is 5.11 Å². The Bertz CT molecular complexity index is 389. The van der Waals surface area contributed by atoms with E-state index < -0.39 is 11.9 Å². The van der Waals surface area contributed by atoms with E-state index in [1.165, 1.54) is 0 Å². The van der Waals surface area contributed by atoms with E-state index in [2.05, 4.69) is 33.0 Å². The van der Waals surface area contributed by atoms with Crippen LogP contribution < -0.4 is 5.32 Å². The van der Waals surface area contributed by atoms with Gasteiger partial charge in [-0.3, -0.25) is 4.79 Å². The van der Waals surface area contributed by atoms with Crippen LogP contribution in [-0.4, -0.2) is 41.1 Å². The highest BCUT2D eigenvalue weighted by Gasteiger charge is 2.65. The number of hydrogen-bond donors (Lipinski definition) is 2. The van der Waals surface area contributed by atoms with Gasteiger partial charge in [-0.15, -0.1) is 0 Å². The fourth-order valence-corrected chi connectivity index (χ4v) is 3.14. The molecule has 1 atom stereocenters. The van der Waals surface area contributed by atoms with Crippen LogP contribution in [0.5, 0.6) is 0 Å². The van der Waals surface area contributed by atoms with Gasteiger partial charge in [-0.2, -0.15) is 0 Å². The number of nitrogens with one attached hydrogen (secondary N) is 1. The Morgan fingerprint density at radius 3 is 2.26 bits per heavy atom. The highest BCUT2D eigenvalue weighted by Crippen LogP contribution is 2.62. The smallest absolute Gasteiger partial charge is 0.317 e. The summed E-state index contributed by atoms with van der Waals surface area (Å²) in [6.45, 7) is 9.57. The number of hydrogen-bond acceptors (Lipinski definition) is 2. The Balaban J connectivity index is 1.93. The maximum Gasteiger partial charge on any atom is 0.317 e. The third kappa shape index (κ3) is 2.30. The molecule has 1 saturated heterocycles. The lowest BCUT2D eigenvalue weighted by atomic mass is 9.99. The molecule has 2 aliphatic rings. The predicted octanol–water partition coefficient (Wildman–Crippen LogP) is 1.93. The van der Waals surface area contributed by atoms with Gasteiger partial charge in [0.1, 0.15) is 0 Å². The van der Waals surface area contributed by atoms with Crippen molar-refractivity contribution in [2.45, 2.75) is 46.6 Å². The molecule has 0 aromatic carbocycles. The van der Waals surface area contributed by atoms with Gasteiger partial charge in [-0.1, -0.05) is 27.7 Å². The number of piperidine rings is 1. The molecular weight excluding hydrogens is 244 g/mol. The van der Waals surface area contributed by atoms with Crippen LogP contribution in [0.25, 0.3) is 0 Å². The lowest BCUT2D eigenvalue weighted by Gasteiger charge is -2.31. The third-order valence-electron chi connectivity index (χ3n) is 5.35. The number of likely N-dealkylation sites (tertiary alicyclic amines) is 1. The molecular formula is C14H24N2O3. The van der Waals surface area contributed by atoms with E-state index in [0.717, 1.165) is 6.42 Å². The van der Waals surface area contributed by atoms with Gasteiger partial charge in [0.2, 0.25) is 0 Å². The summed E-state index contributed by atoms with van der Waals surface area (Å²) in [5.74, 6) is -1.22. The first-order valence-corrected chi connectivity index (χ1v) is 6.96. The highest BCUT2D eigenvalue weighted by atomic mass is 16.4. The zero-order chi connectivity index (χ0) is 14.4. The van der Waals surface area contributed by atoms with E-state index in [0.29, 0.717) is 19.5 Å². The van der Waals surface area contributed by atoms with Crippen LogP contribution >= 0.6 is 0 Å². The molecule has 2 N–H and O–H groups in total. The molecule has 1 saturated carbocycles. The molecule has 0 radical (unpaired) electrons. The standard InChI is InChI=1S/C14H24N2O3/c1-13(2)11(14(13,3)4)15-12(19)16-7-5-6-9(8-16)10(17)18/h9,11H,5-8H2,1-4H3,(H,15,19)(H,17,18)/t9-/m0/s1. The highest BCUT2D eigenvalue weighted by molar-refractivity contribution is 5.77. The van der Waals surface area contributed by atoms with Gasteiger partial charge in [0.15, 0.2) is 0 Å². The molecule has 108 valence electrons. The zero-order valence-corrected chi connectivity index (χ0v) is 12.2. The fraction of sp³-hybridized carbons (Fsp3) is 0.857. The predicted molar refractivity (Wildman–Crippen MR) is 71.8 cm³/mol. The number of amides is 2. The molecule has 1 aliphatic heterocycles. The van der Waals surface area contributed by atoms with Crippen molar-refractivity contribution in [1.29, 1.82) is 0 Å². The van der Waals surface area contributed by atoms with Crippen LogP contribution in [0.3, 0.4) is 0 Å². The van der Waals surface area contributed by atoms with Gasteiger partial charge in [0.25, 0.3) is 0 Å². The van der Waals surface area contributed by atoms with Crippen molar-refractivity contribution in [2.75, 3.05) is 13.1 Å². The van der Waals surface area contributed by atoms with Crippen LogP contribution in [0, 0.1) is 16.7 Å². The summed E-state index contributed by atoms with van der Waals surface area (Å²) in [6.07, 6.45) is 1.43. The molecule has 0 unspecified atom stereocenters. The topological polar surface area (TPSA) is 69.6 Å². The van der Waals surface area contributed by atoms with E-state index in [1.54, 1.807) is 4.90 Å². The van der Waals surface area contributed by atoms with Gasteiger partial charge in [-0.25, -0.2) is 4.79 Å². The molecule has 2 amide bonds. The first kappa shape index (κ1) is 14.2. The number of nitrogens with zero attached hydrogens (tertiary/aromatic N) is 1. The van der Waals surface area contributed by atoms with Gasteiger partial charge in [0, 0.05) is 19.1 Å². The third-order valence-corrected chi connectivity index (χ3v) is 5.35. The van der Waals surface area contributed by atoms with Crippen molar-refractivity contribution < 1.29 is 14.7 Å². The molecule has 0 bridgehead atoms. The minimum absolute atomic E-state index is 0.102. The minimum atomic E-state index is -0.801. The molecule has 0 aromatic heterocycles. The summed E-state index contributed by atoms with van der Waals surface area (Å²) in [7, 11) is 0. The fourth-order valence-electron chi connectivity index (χ4n) is 3.14. The number of carboxylic acid groups (broad SMARTS) is 1. The van der Waals surface area contributed by atoms with Crippen molar-refractivity contribution in [3.05, 3.63) is 0 Å². The zero-order valence-electron chi connectivity index (χ0n) is 12.2. The number of carboxylic acids is 1. The maximum atomic E-state index is 12.2. The number of rotatable bonds is 2. The lowest BCUT2D eigenvalue weighted by molar-refractivity contribution is -0.143. The SMILES string of the molecule is CC1(C)C(NC(=O)N2CCC[C@H](C(=O)O)C2)C1(C)C. The van der Waals surface area contributed by atoms with Crippen molar-refractivity contribution in [3.8, 4) is 0 Å². The Kier molecular flexibility index (Phi) is 3.27. The molecule has 5 heteroatoms. The average Bonchev–Trinajstić information content (AvgIpc) is 2.71. The van der Waals surface area contributed by atoms with Gasteiger partial charge in [0.05, 0.1) is 5.92 Å². The first-order chi connectivity index (χ1) is 8.68. The number of urea groups is 1. The van der Waals surface area contributed by atoms with E-state index in [-0.39, 0.29) is 22.9 Å². The second-order valence-corrected chi connectivity index (χ2v) is 6.95. The number of carbonyl (C=O) groups is 2. The summed E-state index contributed by atoms with van der Waals surface area (Å²) < 4.78 is 0. The molecule has 2 fully saturated rings. The van der Waals surface area contributed by atoms with E-state index in [9.17, 15) is 9.59 Å². The minimum Gasteiger partial charge on any atom is -0.481 e. The maximum absolute atomic E-state index is 12.2. The van der Waals surface area contributed by atoms with Crippen LogP contribution in [0.2, 0.25) is 0 Å². The molecule has 19 heavy (non-hydrogen) atoms. The van der Waals surface area contributed by atoms with Gasteiger partial charge < -0.3 is 15.3 Å². The van der Waals surface area contributed by atoms with E-state index >= 15 is 0 Å². The monoisotopic (exact) mass is 268 g/mol. The van der Waals surface area contributed by atoms with Crippen LogP contribution in [0.15, 0.2) is 0 Å². The summed E-state index contributed by atoms with van der Waals surface area (Å²) >= 11 is 0. The molecule has 1 aliphatic carbocycles. The van der Waals surface area contributed by atoms with Crippen molar-refractivity contribution in [1.82, 2.24) is 10.2 Å². The van der Waals surface area contributed by atoms with Crippen LogP contribution in [-0.2, 0) is 4.79 Å². The summed E-state index contributed by atoms with van der Waals surface area (Å²) in [4.78, 5) is 24.9. The average molecular weight is 268 g/mol.